The van der Waals surface area contributed by atoms with E-state index in [2.05, 4.69) is 36.4 Å². The summed E-state index contributed by atoms with van der Waals surface area (Å²) in [5, 5.41) is 11.0. The molecule has 0 aromatic heterocycles. The molecule has 0 radical (unpaired) electrons. The van der Waals surface area contributed by atoms with Crippen LogP contribution in [0.5, 0.6) is 0 Å². The summed E-state index contributed by atoms with van der Waals surface area (Å²) in [7, 11) is 0. The van der Waals surface area contributed by atoms with Gasteiger partial charge in [0.05, 0.1) is 12.2 Å². The zero-order valence-electron chi connectivity index (χ0n) is 13.6. The number of rotatable bonds is 8. The first kappa shape index (κ1) is 16.6. The molecule has 0 bridgehead atoms. The maximum atomic E-state index is 11.0. The van der Waals surface area contributed by atoms with E-state index in [4.69, 9.17) is 4.74 Å². The van der Waals surface area contributed by atoms with Gasteiger partial charge in [-0.25, -0.2) is 0 Å². The summed E-state index contributed by atoms with van der Waals surface area (Å²) in [6.45, 7) is 3.15. The standard InChI is InChI=1S/C20H24O2S/c1-19(21,14-15-22-16-17-8-4-2-5-9-17)20(12-13-20)23-18-10-6-3-7-11-18/h2-11,21H,12-16H2,1H3. The second-order valence-corrected chi connectivity index (χ2v) is 7.93. The van der Waals surface area contributed by atoms with Crippen LogP contribution in [0.3, 0.4) is 0 Å². The Bertz CT molecular complexity index is 606. The van der Waals surface area contributed by atoms with Gasteiger partial charge in [-0.3, -0.25) is 0 Å². The van der Waals surface area contributed by atoms with Crippen LogP contribution in [0.1, 0.15) is 31.7 Å². The van der Waals surface area contributed by atoms with Crippen molar-refractivity contribution < 1.29 is 9.84 Å². The predicted molar refractivity (Wildman–Crippen MR) is 95.6 cm³/mol. The molecular weight excluding hydrogens is 304 g/mol. The summed E-state index contributed by atoms with van der Waals surface area (Å²) >= 11 is 1.81. The minimum absolute atomic E-state index is 0.0511. The van der Waals surface area contributed by atoms with Gasteiger partial charge in [0, 0.05) is 22.7 Å². The highest BCUT2D eigenvalue weighted by Gasteiger charge is 2.56. The summed E-state index contributed by atoms with van der Waals surface area (Å²) in [4.78, 5) is 1.23. The molecule has 2 nitrogen and oxygen atoms in total. The number of hydrogen-bond acceptors (Lipinski definition) is 3. The lowest BCUT2D eigenvalue weighted by Gasteiger charge is -2.33. The van der Waals surface area contributed by atoms with Crippen molar-refractivity contribution >= 4 is 11.8 Å². The van der Waals surface area contributed by atoms with Crippen molar-refractivity contribution in [2.75, 3.05) is 6.61 Å². The van der Waals surface area contributed by atoms with E-state index in [9.17, 15) is 5.11 Å². The Morgan fingerprint density at radius 2 is 1.65 bits per heavy atom. The topological polar surface area (TPSA) is 29.5 Å². The fourth-order valence-corrected chi connectivity index (χ4v) is 4.21. The van der Waals surface area contributed by atoms with Crippen molar-refractivity contribution in [3.05, 3.63) is 66.2 Å². The van der Waals surface area contributed by atoms with E-state index in [0.29, 0.717) is 19.6 Å². The first-order valence-electron chi connectivity index (χ1n) is 8.19. The van der Waals surface area contributed by atoms with E-state index in [1.807, 2.05) is 43.0 Å². The minimum atomic E-state index is -0.704. The lowest BCUT2D eigenvalue weighted by molar-refractivity contribution is 0.00336. The van der Waals surface area contributed by atoms with Gasteiger partial charge in [0.25, 0.3) is 0 Å². The Hall–Kier alpha value is -1.29. The molecule has 0 saturated heterocycles. The fourth-order valence-electron chi connectivity index (χ4n) is 2.84. The molecular formula is C20H24O2S. The van der Waals surface area contributed by atoms with Crippen LogP contribution in [-0.2, 0) is 11.3 Å². The summed E-state index contributed by atoms with van der Waals surface area (Å²) in [5.74, 6) is 0. The molecule has 1 aliphatic rings. The van der Waals surface area contributed by atoms with E-state index in [0.717, 1.165) is 12.8 Å². The van der Waals surface area contributed by atoms with Gasteiger partial charge in [0.1, 0.15) is 0 Å². The molecule has 0 heterocycles. The lowest BCUT2D eigenvalue weighted by Crippen LogP contribution is -2.40. The largest absolute Gasteiger partial charge is 0.389 e. The molecule has 1 unspecified atom stereocenters. The van der Waals surface area contributed by atoms with Crippen molar-refractivity contribution in [1.29, 1.82) is 0 Å². The maximum Gasteiger partial charge on any atom is 0.0791 e. The zero-order valence-corrected chi connectivity index (χ0v) is 14.4. The Morgan fingerprint density at radius 1 is 1.04 bits per heavy atom. The summed E-state index contributed by atoms with van der Waals surface area (Å²) in [6.07, 6.45) is 2.80. The molecule has 2 aromatic carbocycles. The molecule has 23 heavy (non-hydrogen) atoms. The SMILES string of the molecule is CC(O)(CCOCc1ccccc1)C1(Sc2ccccc2)CC1. The summed E-state index contributed by atoms with van der Waals surface area (Å²) < 4.78 is 5.71. The van der Waals surface area contributed by atoms with E-state index in [1.165, 1.54) is 10.5 Å². The normalized spacial score (nSPS) is 18.3. The van der Waals surface area contributed by atoms with Gasteiger partial charge in [0.15, 0.2) is 0 Å². The van der Waals surface area contributed by atoms with Gasteiger partial charge in [0.2, 0.25) is 0 Å². The molecule has 0 aliphatic heterocycles. The van der Waals surface area contributed by atoms with Crippen molar-refractivity contribution in [2.24, 2.45) is 0 Å². The van der Waals surface area contributed by atoms with Gasteiger partial charge in [-0.15, -0.1) is 11.8 Å². The second kappa shape index (κ2) is 7.08. The van der Waals surface area contributed by atoms with Crippen LogP contribution >= 0.6 is 11.8 Å². The molecule has 1 fully saturated rings. The molecule has 122 valence electrons. The van der Waals surface area contributed by atoms with Gasteiger partial charge in [-0.05, 0) is 37.5 Å². The number of aliphatic hydroxyl groups is 1. The highest BCUT2D eigenvalue weighted by atomic mass is 32.2. The van der Waals surface area contributed by atoms with Crippen LogP contribution in [0.25, 0.3) is 0 Å². The van der Waals surface area contributed by atoms with Crippen LogP contribution in [-0.4, -0.2) is 22.1 Å². The van der Waals surface area contributed by atoms with Gasteiger partial charge >= 0.3 is 0 Å². The van der Waals surface area contributed by atoms with Gasteiger partial charge < -0.3 is 9.84 Å². The number of benzene rings is 2. The van der Waals surface area contributed by atoms with Crippen LogP contribution in [0.4, 0.5) is 0 Å². The monoisotopic (exact) mass is 328 g/mol. The maximum absolute atomic E-state index is 11.0. The van der Waals surface area contributed by atoms with Gasteiger partial charge in [-0.2, -0.15) is 0 Å². The second-order valence-electron chi connectivity index (χ2n) is 6.47. The predicted octanol–water partition coefficient (Wildman–Crippen LogP) is 4.67. The molecule has 0 amide bonds. The van der Waals surface area contributed by atoms with E-state index < -0.39 is 5.60 Å². The quantitative estimate of drug-likeness (QED) is 0.714. The molecule has 1 atom stereocenters. The van der Waals surface area contributed by atoms with Gasteiger partial charge in [-0.1, -0.05) is 48.5 Å². The third-order valence-electron chi connectivity index (χ3n) is 4.59. The van der Waals surface area contributed by atoms with Crippen LogP contribution in [0, 0.1) is 0 Å². The van der Waals surface area contributed by atoms with Crippen molar-refractivity contribution in [3.63, 3.8) is 0 Å². The third-order valence-corrected chi connectivity index (χ3v) is 6.33. The van der Waals surface area contributed by atoms with Crippen LogP contribution < -0.4 is 0 Å². The van der Waals surface area contributed by atoms with Crippen molar-refractivity contribution in [2.45, 2.75) is 48.0 Å². The average Bonchev–Trinajstić information content (AvgIpc) is 3.35. The first-order valence-corrected chi connectivity index (χ1v) is 9.01. The number of hydrogen-bond donors (Lipinski definition) is 1. The van der Waals surface area contributed by atoms with E-state index in [1.54, 1.807) is 0 Å². The molecule has 1 saturated carbocycles. The molecule has 3 rings (SSSR count). The molecule has 1 N–H and O–H groups in total. The highest BCUT2D eigenvalue weighted by molar-refractivity contribution is 8.01. The van der Waals surface area contributed by atoms with Crippen molar-refractivity contribution in [1.82, 2.24) is 0 Å². The number of thioether (sulfide) groups is 1. The van der Waals surface area contributed by atoms with E-state index >= 15 is 0 Å². The Kier molecular flexibility index (Phi) is 5.10. The summed E-state index contributed by atoms with van der Waals surface area (Å²) in [5.41, 5.74) is 0.469. The van der Waals surface area contributed by atoms with Crippen LogP contribution in [0.2, 0.25) is 0 Å². The smallest absolute Gasteiger partial charge is 0.0791 e. The molecule has 3 heteroatoms. The average molecular weight is 328 g/mol. The third kappa shape index (κ3) is 4.17. The molecule has 0 spiro atoms. The highest BCUT2D eigenvalue weighted by Crippen LogP contribution is 2.59. The van der Waals surface area contributed by atoms with Crippen LogP contribution in [0.15, 0.2) is 65.6 Å². The van der Waals surface area contributed by atoms with Crippen molar-refractivity contribution in [3.8, 4) is 0 Å². The lowest BCUT2D eigenvalue weighted by atomic mass is 9.96. The Balaban J connectivity index is 1.50. The molecule has 2 aromatic rings. The Labute approximate surface area is 142 Å². The zero-order chi connectivity index (χ0) is 16.2. The molecule has 1 aliphatic carbocycles. The van der Waals surface area contributed by atoms with E-state index in [-0.39, 0.29) is 4.75 Å². The fraction of sp³-hybridized carbons (Fsp3) is 0.400. The number of ether oxygens (including phenoxy) is 1. The summed E-state index contributed by atoms with van der Waals surface area (Å²) in [6, 6.07) is 20.5. The first-order chi connectivity index (χ1) is 11.1. The Morgan fingerprint density at radius 3 is 2.26 bits per heavy atom. The minimum Gasteiger partial charge on any atom is -0.389 e.